The van der Waals surface area contributed by atoms with Crippen LogP contribution in [0.15, 0.2) is 30.3 Å². The highest BCUT2D eigenvalue weighted by Crippen LogP contribution is 2.52. The monoisotopic (exact) mass is 323 g/mol. The van der Waals surface area contributed by atoms with Crippen LogP contribution in [0.2, 0.25) is 0 Å². The lowest BCUT2D eigenvalue weighted by atomic mass is 9.85. The first-order chi connectivity index (χ1) is 10.3. The second-order valence-electron chi connectivity index (χ2n) is 6.56. The Kier molecular flexibility index (Phi) is 4.59. The number of benzene rings is 1. The summed E-state index contributed by atoms with van der Waals surface area (Å²) >= 11 is 0. The molecule has 2 aliphatic carbocycles. The van der Waals surface area contributed by atoms with Crippen molar-refractivity contribution in [2.75, 3.05) is 0 Å². The van der Waals surface area contributed by atoms with Gasteiger partial charge in [-0.3, -0.25) is 5.32 Å². The highest BCUT2D eigenvalue weighted by atomic mass is 35.5. The number of ether oxygens (including phenoxy) is 2. The molecule has 5 heteroatoms. The lowest BCUT2D eigenvalue weighted by Crippen LogP contribution is -2.37. The molecule has 0 unspecified atom stereocenters. The van der Waals surface area contributed by atoms with Crippen molar-refractivity contribution in [1.82, 2.24) is 5.32 Å². The smallest absolute Gasteiger partial charge is 0.429 e. The van der Waals surface area contributed by atoms with Gasteiger partial charge in [-0.1, -0.05) is 30.3 Å². The van der Waals surface area contributed by atoms with Gasteiger partial charge in [-0.15, -0.1) is 12.4 Å². The van der Waals surface area contributed by atoms with E-state index >= 15 is 0 Å². The molecular weight excluding hydrogens is 302 g/mol. The van der Waals surface area contributed by atoms with E-state index in [-0.39, 0.29) is 25.2 Å². The molecule has 2 bridgehead atoms. The predicted octanol–water partition coefficient (Wildman–Crippen LogP) is 3.50. The van der Waals surface area contributed by atoms with Crippen LogP contribution < -0.4 is 5.32 Å². The first kappa shape index (κ1) is 15.6. The summed E-state index contributed by atoms with van der Waals surface area (Å²) in [5, 5.41) is 3.49. The molecule has 120 valence electrons. The van der Waals surface area contributed by atoms with Crippen LogP contribution in [-0.2, 0) is 16.1 Å². The van der Waals surface area contributed by atoms with Gasteiger partial charge in [-0.2, -0.15) is 0 Å². The molecule has 1 aliphatic heterocycles. The number of carbonyl (C=O) groups excluding carboxylic acids is 1. The molecule has 0 amide bonds. The molecule has 4 rings (SSSR count). The summed E-state index contributed by atoms with van der Waals surface area (Å²) in [4.78, 5) is 11.8. The number of carbonyl (C=O) groups is 1. The van der Waals surface area contributed by atoms with Gasteiger partial charge in [-0.25, -0.2) is 4.79 Å². The molecule has 22 heavy (non-hydrogen) atoms. The second-order valence-corrected chi connectivity index (χ2v) is 6.56. The minimum Gasteiger partial charge on any atom is -0.429 e. The fourth-order valence-corrected chi connectivity index (χ4v) is 4.49. The van der Waals surface area contributed by atoms with E-state index in [1.807, 2.05) is 30.3 Å². The molecule has 1 aromatic carbocycles. The third-order valence-electron chi connectivity index (χ3n) is 5.39. The number of fused-ring (bicyclic) bond motifs is 5. The Bertz CT molecular complexity index is 506. The Morgan fingerprint density at radius 3 is 2.68 bits per heavy atom. The lowest BCUT2D eigenvalue weighted by molar-refractivity contribution is 0.0106. The average Bonchev–Trinajstić information content (AvgIpc) is 3.18. The Hall–Kier alpha value is -1.26. The van der Waals surface area contributed by atoms with E-state index in [4.69, 9.17) is 9.47 Å². The second kappa shape index (κ2) is 6.47. The van der Waals surface area contributed by atoms with Crippen LogP contribution in [0, 0.1) is 17.8 Å². The third kappa shape index (κ3) is 2.95. The average molecular weight is 324 g/mol. The van der Waals surface area contributed by atoms with Crippen molar-refractivity contribution in [3.8, 4) is 0 Å². The summed E-state index contributed by atoms with van der Waals surface area (Å²) in [5.74, 6) is 2.35. The molecule has 1 N–H and O–H groups in total. The zero-order chi connectivity index (χ0) is 14.2. The van der Waals surface area contributed by atoms with Gasteiger partial charge in [0.25, 0.3) is 0 Å². The topological polar surface area (TPSA) is 47.6 Å². The lowest BCUT2D eigenvalue weighted by Gasteiger charge is -2.23. The molecular formula is C17H22ClNO3. The summed E-state index contributed by atoms with van der Waals surface area (Å²) in [7, 11) is 0. The van der Waals surface area contributed by atoms with E-state index in [1.54, 1.807) is 0 Å². The SMILES string of the molecule is Cl.O=C(OCc1ccccc1)O[C@@H]1C[C@@H]2[C@@H]3CC[C@@H](C3)[C@@H]2N1. The highest BCUT2D eigenvalue weighted by molar-refractivity contribution is 5.85. The zero-order valence-corrected chi connectivity index (χ0v) is 13.3. The normalized spacial score (nSPS) is 34.8. The zero-order valence-electron chi connectivity index (χ0n) is 12.4. The van der Waals surface area contributed by atoms with Crippen molar-refractivity contribution < 1.29 is 14.3 Å². The molecule has 3 aliphatic rings. The third-order valence-corrected chi connectivity index (χ3v) is 5.39. The van der Waals surface area contributed by atoms with Crippen LogP contribution in [0.1, 0.15) is 31.2 Å². The van der Waals surface area contributed by atoms with Gasteiger partial charge < -0.3 is 9.47 Å². The predicted molar refractivity (Wildman–Crippen MR) is 84.6 cm³/mol. The number of hydrogen-bond donors (Lipinski definition) is 1. The molecule has 4 nitrogen and oxygen atoms in total. The van der Waals surface area contributed by atoms with Gasteiger partial charge in [0.15, 0.2) is 6.23 Å². The molecule has 3 fully saturated rings. The van der Waals surface area contributed by atoms with Crippen molar-refractivity contribution in [2.24, 2.45) is 17.8 Å². The van der Waals surface area contributed by atoms with Gasteiger partial charge in [0.1, 0.15) is 6.61 Å². The van der Waals surface area contributed by atoms with Gasteiger partial charge >= 0.3 is 6.16 Å². The summed E-state index contributed by atoms with van der Waals surface area (Å²) in [6.45, 7) is 0.268. The summed E-state index contributed by atoms with van der Waals surface area (Å²) in [6.07, 6.45) is 4.29. The van der Waals surface area contributed by atoms with Crippen LogP contribution in [-0.4, -0.2) is 18.4 Å². The fourth-order valence-electron chi connectivity index (χ4n) is 4.49. The maximum absolute atomic E-state index is 11.8. The maximum atomic E-state index is 11.8. The van der Waals surface area contributed by atoms with Crippen LogP contribution in [0.5, 0.6) is 0 Å². The summed E-state index contributed by atoms with van der Waals surface area (Å²) in [5.41, 5.74) is 0.976. The Morgan fingerprint density at radius 2 is 1.91 bits per heavy atom. The van der Waals surface area contributed by atoms with Gasteiger partial charge in [0.2, 0.25) is 0 Å². The van der Waals surface area contributed by atoms with E-state index in [0.717, 1.165) is 23.8 Å². The van der Waals surface area contributed by atoms with Gasteiger partial charge in [0, 0.05) is 12.5 Å². The molecule has 5 atom stereocenters. The van der Waals surface area contributed by atoms with E-state index in [0.29, 0.717) is 12.0 Å². The molecule has 0 radical (unpaired) electrons. The Morgan fingerprint density at radius 1 is 1.14 bits per heavy atom. The van der Waals surface area contributed by atoms with Crippen molar-refractivity contribution in [1.29, 1.82) is 0 Å². The van der Waals surface area contributed by atoms with E-state index < -0.39 is 6.16 Å². The van der Waals surface area contributed by atoms with E-state index in [1.165, 1.54) is 19.3 Å². The minimum atomic E-state index is -0.566. The van der Waals surface area contributed by atoms with Crippen LogP contribution in [0.25, 0.3) is 0 Å². The quantitative estimate of drug-likeness (QED) is 0.865. The Balaban J connectivity index is 0.00000144. The molecule has 1 saturated heterocycles. The van der Waals surface area contributed by atoms with Gasteiger partial charge in [0.05, 0.1) is 0 Å². The van der Waals surface area contributed by atoms with E-state index in [9.17, 15) is 4.79 Å². The van der Waals surface area contributed by atoms with Crippen molar-refractivity contribution >= 4 is 18.6 Å². The number of hydrogen-bond acceptors (Lipinski definition) is 4. The largest absolute Gasteiger partial charge is 0.510 e. The number of rotatable bonds is 3. The molecule has 2 saturated carbocycles. The molecule has 1 heterocycles. The molecule has 0 aromatic heterocycles. The standard InChI is InChI=1S/C17H21NO3.ClH/c19-17(20-10-11-4-2-1-3-5-11)21-15-9-14-12-6-7-13(8-12)16(14)18-15;/h1-5,12-16,18H,6-10H2;1H/t12-,13+,14-,15-,16+;/m1./s1. The highest BCUT2D eigenvalue weighted by Gasteiger charge is 2.52. The van der Waals surface area contributed by atoms with Crippen LogP contribution in [0.4, 0.5) is 4.79 Å². The maximum Gasteiger partial charge on any atom is 0.510 e. The first-order valence-electron chi connectivity index (χ1n) is 7.93. The summed E-state index contributed by atoms with van der Waals surface area (Å²) in [6, 6.07) is 10.2. The van der Waals surface area contributed by atoms with Crippen molar-refractivity contribution in [2.45, 2.75) is 44.6 Å². The Labute approximate surface area is 137 Å². The van der Waals surface area contributed by atoms with Crippen molar-refractivity contribution in [3.05, 3.63) is 35.9 Å². The number of nitrogens with one attached hydrogen (secondary N) is 1. The van der Waals surface area contributed by atoms with Gasteiger partial charge in [-0.05, 0) is 42.6 Å². The van der Waals surface area contributed by atoms with E-state index in [2.05, 4.69) is 5.32 Å². The molecule has 0 spiro atoms. The van der Waals surface area contributed by atoms with Crippen molar-refractivity contribution in [3.63, 3.8) is 0 Å². The minimum absolute atomic E-state index is 0. The number of halogens is 1. The summed E-state index contributed by atoms with van der Waals surface area (Å²) < 4.78 is 10.6. The van der Waals surface area contributed by atoms with Crippen LogP contribution >= 0.6 is 12.4 Å². The molecule has 1 aromatic rings. The fraction of sp³-hybridized carbons (Fsp3) is 0.588. The first-order valence-corrected chi connectivity index (χ1v) is 7.93. The van der Waals surface area contributed by atoms with Crippen LogP contribution in [0.3, 0.4) is 0 Å².